The molecule has 0 aliphatic carbocycles. The van der Waals surface area contributed by atoms with Gasteiger partial charge >= 0.3 is 0 Å². The zero-order valence-corrected chi connectivity index (χ0v) is 13.4. The molecule has 4 nitrogen and oxygen atoms in total. The first-order valence-corrected chi connectivity index (χ1v) is 7.70. The fourth-order valence-electron chi connectivity index (χ4n) is 2.87. The molecule has 108 valence electrons. The number of fused-ring (bicyclic) bond motifs is 3. The van der Waals surface area contributed by atoms with Crippen molar-refractivity contribution in [3.05, 3.63) is 64.3 Å². The third kappa shape index (κ3) is 1.82. The van der Waals surface area contributed by atoms with E-state index in [1.54, 1.807) is 4.57 Å². The second-order valence-electron chi connectivity index (χ2n) is 5.20. The van der Waals surface area contributed by atoms with E-state index < -0.39 is 0 Å². The topological polar surface area (TPSA) is 50.7 Å². The van der Waals surface area contributed by atoms with Crippen molar-refractivity contribution in [3.63, 3.8) is 0 Å². The van der Waals surface area contributed by atoms with Crippen LogP contribution in [0.4, 0.5) is 0 Å². The smallest absolute Gasteiger partial charge is 0.264 e. The maximum Gasteiger partial charge on any atom is 0.264 e. The molecule has 0 bridgehead atoms. The number of para-hydroxylation sites is 1. The quantitative estimate of drug-likeness (QED) is 0.555. The van der Waals surface area contributed by atoms with E-state index in [9.17, 15) is 4.79 Å². The predicted octanol–water partition coefficient (Wildman–Crippen LogP) is 4.28. The Hall–Kier alpha value is -2.40. The molecule has 5 heteroatoms. The number of H-pyrrole nitrogens is 1. The molecule has 0 atom stereocenters. The van der Waals surface area contributed by atoms with Gasteiger partial charge < -0.3 is 0 Å². The molecule has 2 heterocycles. The highest BCUT2D eigenvalue weighted by Crippen LogP contribution is 2.30. The third-order valence-electron chi connectivity index (χ3n) is 3.84. The molecule has 0 radical (unpaired) electrons. The number of hydrogen-bond acceptors (Lipinski definition) is 2. The lowest BCUT2D eigenvalue weighted by atomic mass is 10.2. The minimum absolute atomic E-state index is 0.0730. The van der Waals surface area contributed by atoms with Crippen LogP contribution in [0.3, 0.4) is 0 Å². The van der Waals surface area contributed by atoms with Crippen molar-refractivity contribution in [1.29, 1.82) is 0 Å². The molecule has 0 saturated carbocycles. The highest BCUT2D eigenvalue weighted by molar-refractivity contribution is 9.10. The summed E-state index contributed by atoms with van der Waals surface area (Å²) in [5.41, 5.74) is 3.15. The summed E-state index contributed by atoms with van der Waals surface area (Å²) in [6, 6.07) is 15.3. The molecule has 4 aromatic rings. The van der Waals surface area contributed by atoms with Gasteiger partial charge in [0.1, 0.15) is 5.65 Å². The lowest BCUT2D eigenvalue weighted by Crippen LogP contribution is -2.12. The Morgan fingerprint density at radius 2 is 2.00 bits per heavy atom. The molecule has 4 rings (SSSR count). The van der Waals surface area contributed by atoms with E-state index in [1.165, 1.54) is 0 Å². The maximum atomic E-state index is 13.0. The predicted molar refractivity (Wildman–Crippen MR) is 90.2 cm³/mol. The summed E-state index contributed by atoms with van der Waals surface area (Å²) in [6.07, 6.45) is 0. The largest absolute Gasteiger partial charge is 0.268 e. The first-order chi connectivity index (χ1) is 10.7. The van der Waals surface area contributed by atoms with Crippen molar-refractivity contribution in [2.45, 2.75) is 6.92 Å². The average Bonchev–Trinajstić information content (AvgIpc) is 3.05. The fraction of sp³-hybridized carbons (Fsp3) is 0.0588. The standard InChI is InChI=1S/C17H12BrN3O/c1-10-15-13-7-2-3-8-14(13)21(16(15)20-19-10)17(22)11-5-4-6-12(18)9-11/h2-9H,1H3,(H,19,20). The van der Waals surface area contributed by atoms with E-state index in [2.05, 4.69) is 26.1 Å². The first kappa shape index (κ1) is 13.3. The summed E-state index contributed by atoms with van der Waals surface area (Å²) < 4.78 is 2.58. The van der Waals surface area contributed by atoms with Crippen molar-refractivity contribution < 1.29 is 4.79 Å². The number of hydrogen-bond donors (Lipinski definition) is 1. The van der Waals surface area contributed by atoms with E-state index in [4.69, 9.17) is 0 Å². The van der Waals surface area contributed by atoms with Crippen molar-refractivity contribution in [1.82, 2.24) is 14.8 Å². The highest BCUT2D eigenvalue weighted by atomic mass is 79.9. The zero-order valence-electron chi connectivity index (χ0n) is 11.8. The molecule has 0 aliphatic heterocycles. The molecule has 0 fully saturated rings. The van der Waals surface area contributed by atoms with Crippen LogP contribution in [-0.4, -0.2) is 20.7 Å². The molecule has 0 spiro atoms. The normalized spacial score (nSPS) is 11.4. The van der Waals surface area contributed by atoms with Crippen molar-refractivity contribution in [3.8, 4) is 0 Å². The van der Waals surface area contributed by atoms with Gasteiger partial charge in [-0.2, -0.15) is 5.10 Å². The Kier molecular flexibility index (Phi) is 2.90. The first-order valence-electron chi connectivity index (χ1n) is 6.91. The molecule has 0 unspecified atom stereocenters. The number of rotatable bonds is 1. The van der Waals surface area contributed by atoms with Crippen LogP contribution in [0.15, 0.2) is 53.0 Å². The van der Waals surface area contributed by atoms with E-state index in [0.717, 1.165) is 32.1 Å². The fourth-order valence-corrected chi connectivity index (χ4v) is 3.27. The third-order valence-corrected chi connectivity index (χ3v) is 4.33. The zero-order chi connectivity index (χ0) is 15.3. The number of aryl methyl sites for hydroxylation is 1. The second-order valence-corrected chi connectivity index (χ2v) is 6.12. The molecular formula is C17H12BrN3O. The molecule has 0 aliphatic rings. The van der Waals surface area contributed by atoms with Crippen LogP contribution in [0.5, 0.6) is 0 Å². The van der Waals surface area contributed by atoms with Crippen LogP contribution < -0.4 is 0 Å². The lowest BCUT2D eigenvalue weighted by Gasteiger charge is -2.05. The van der Waals surface area contributed by atoms with Gasteiger partial charge in [-0.25, -0.2) is 0 Å². The Bertz CT molecular complexity index is 1030. The Labute approximate surface area is 134 Å². The summed E-state index contributed by atoms with van der Waals surface area (Å²) in [6.45, 7) is 1.94. The Morgan fingerprint density at radius 3 is 2.82 bits per heavy atom. The van der Waals surface area contributed by atoms with Crippen LogP contribution in [0.25, 0.3) is 21.9 Å². The van der Waals surface area contributed by atoms with Crippen LogP contribution in [-0.2, 0) is 0 Å². The van der Waals surface area contributed by atoms with Crippen LogP contribution in [0, 0.1) is 6.92 Å². The van der Waals surface area contributed by atoms with Gasteiger partial charge in [0, 0.05) is 20.8 Å². The van der Waals surface area contributed by atoms with Gasteiger partial charge in [-0.1, -0.05) is 40.2 Å². The van der Waals surface area contributed by atoms with Crippen LogP contribution >= 0.6 is 15.9 Å². The monoisotopic (exact) mass is 353 g/mol. The number of aromatic nitrogens is 3. The number of benzene rings is 2. The van der Waals surface area contributed by atoms with Crippen LogP contribution in [0.2, 0.25) is 0 Å². The Balaban J connectivity index is 2.06. The number of halogens is 1. The van der Waals surface area contributed by atoms with Gasteiger partial charge in [0.05, 0.1) is 11.2 Å². The van der Waals surface area contributed by atoms with Crippen LogP contribution in [0.1, 0.15) is 16.1 Å². The Morgan fingerprint density at radius 1 is 1.18 bits per heavy atom. The van der Waals surface area contributed by atoms with E-state index in [-0.39, 0.29) is 5.91 Å². The van der Waals surface area contributed by atoms with E-state index in [1.807, 2.05) is 55.5 Å². The molecule has 0 amide bonds. The number of nitrogens with zero attached hydrogens (tertiary/aromatic N) is 2. The molecule has 1 N–H and O–H groups in total. The number of carbonyl (C=O) groups excluding carboxylic acids is 1. The van der Waals surface area contributed by atoms with Crippen molar-refractivity contribution in [2.75, 3.05) is 0 Å². The summed E-state index contributed by atoms with van der Waals surface area (Å²) >= 11 is 3.42. The molecule has 2 aromatic carbocycles. The second kappa shape index (κ2) is 4.81. The summed E-state index contributed by atoms with van der Waals surface area (Å²) in [4.78, 5) is 13.0. The van der Waals surface area contributed by atoms with Gasteiger partial charge in [0.2, 0.25) is 0 Å². The molecule has 0 saturated heterocycles. The minimum Gasteiger partial charge on any atom is -0.268 e. The highest BCUT2D eigenvalue weighted by Gasteiger charge is 2.20. The van der Waals surface area contributed by atoms with Crippen molar-refractivity contribution in [2.24, 2.45) is 0 Å². The van der Waals surface area contributed by atoms with E-state index >= 15 is 0 Å². The van der Waals surface area contributed by atoms with Gasteiger partial charge in [-0.3, -0.25) is 14.5 Å². The number of aromatic amines is 1. The minimum atomic E-state index is -0.0730. The number of nitrogens with one attached hydrogen (secondary N) is 1. The summed E-state index contributed by atoms with van der Waals surface area (Å²) in [5, 5.41) is 9.28. The lowest BCUT2D eigenvalue weighted by molar-refractivity contribution is 0.0969. The van der Waals surface area contributed by atoms with Gasteiger partial charge in [-0.15, -0.1) is 0 Å². The molecule has 22 heavy (non-hydrogen) atoms. The van der Waals surface area contributed by atoms with E-state index in [0.29, 0.717) is 5.56 Å². The van der Waals surface area contributed by atoms with Gasteiger partial charge in [0.15, 0.2) is 0 Å². The average molecular weight is 354 g/mol. The molecule has 2 aromatic heterocycles. The molecular weight excluding hydrogens is 342 g/mol. The number of carbonyl (C=O) groups is 1. The maximum absolute atomic E-state index is 13.0. The summed E-state index contributed by atoms with van der Waals surface area (Å²) in [5.74, 6) is -0.0730. The van der Waals surface area contributed by atoms with Gasteiger partial charge in [-0.05, 0) is 31.2 Å². The SMILES string of the molecule is Cc1n[nH]c2c1c1ccccc1n2C(=O)c1cccc(Br)c1. The van der Waals surface area contributed by atoms with Gasteiger partial charge in [0.25, 0.3) is 5.91 Å². The summed E-state index contributed by atoms with van der Waals surface area (Å²) in [7, 11) is 0. The van der Waals surface area contributed by atoms with Crippen molar-refractivity contribution >= 4 is 43.8 Å².